The van der Waals surface area contributed by atoms with Gasteiger partial charge < -0.3 is 14.8 Å². The third-order valence-corrected chi connectivity index (χ3v) is 4.97. The Kier molecular flexibility index (Phi) is 6.88. The van der Waals surface area contributed by atoms with Crippen LogP contribution in [0.2, 0.25) is 0 Å². The van der Waals surface area contributed by atoms with Crippen molar-refractivity contribution < 1.29 is 19.1 Å². The molecule has 1 fully saturated rings. The molecule has 2 amide bonds. The summed E-state index contributed by atoms with van der Waals surface area (Å²) in [5.41, 5.74) is 0.0209. The summed E-state index contributed by atoms with van der Waals surface area (Å²) in [6.07, 6.45) is 2.81. The lowest BCUT2D eigenvalue weighted by atomic mass is 9.90. The number of likely N-dealkylation sites (tertiary alicyclic amines) is 1. The minimum atomic E-state index is -0.993. The van der Waals surface area contributed by atoms with E-state index in [4.69, 9.17) is 9.47 Å². The van der Waals surface area contributed by atoms with Crippen LogP contribution in [0, 0.1) is 0 Å². The molecule has 1 aromatic rings. The van der Waals surface area contributed by atoms with Crippen molar-refractivity contribution in [2.24, 2.45) is 0 Å². The van der Waals surface area contributed by atoms with Crippen molar-refractivity contribution in [1.29, 1.82) is 0 Å². The maximum Gasteiger partial charge on any atom is 0.411 e. The summed E-state index contributed by atoms with van der Waals surface area (Å²) in [7, 11) is 1.65. The summed E-state index contributed by atoms with van der Waals surface area (Å²) < 4.78 is 10.9. The second kappa shape index (κ2) is 8.78. The number of hydrogen-bond acceptors (Lipinski definition) is 4. The van der Waals surface area contributed by atoms with E-state index in [9.17, 15) is 9.59 Å². The van der Waals surface area contributed by atoms with Gasteiger partial charge in [0.15, 0.2) is 0 Å². The standard InChI is InChI=1S/C22H32N2O4/c1-7-12-22(13-9-14-24(22)20(26)28-21(3,4)5)19(25)23-18-11-8-10-17(15-18)16(2)27-6/h7-8,10-11,15-16H,1,9,12-14H2,2-6H3,(H,23,25). The molecule has 0 radical (unpaired) electrons. The van der Waals surface area contributed by atoms with Gasteiger partial charge in [-0.1, -0.05) is 18.2 Å². The molecule has 1 heterocycles. The highest BCUT2D eigenvalue weighted by Gasteiger charge is 2.50. The number of methoxy groups -OCH3 is 1. The quantitative estimate of drug-likeness (QED) is 0.719. The van der Waals surface area contributed by atoms with Gasteiger partial charge in [0.05, 0.1) is 6.10 Å². The number of hydrogen-bond donors (Lipinski definition) is 1. The molecular weight excluding hydrogens is 356 g/mol. The second-order valence-electron chi connectivity index (χ2n) is 8.22. The molecule has 1 aliphatic rings. The third kappa shape index (κ3) is 4.93. The van der Waals surface area contributed by atoms with E-state index in [1.807, 2.05) is 52.0 Å². The van der Waals surface area contributed by atoms with E-state index < -0.39 is 17.2 Å². The predicted octanol–water partition coefficient (Wildman–Crippen LogP) is 4.68. The van der Waals surface area contributed by atoms with E-state index in [0.717, 1.165) is 12.0 Å². The SMILES string of the molecule is C=CCC1(C(=O)Nc2cccc(C(C)OC)c2)CCCN1C(=O)OC(C)(C)C. The number of carbonyl (C=O) groups excluding carboxylic acids is 2. The summed E-state index contributed by atoms with van der Waals surface area (Å²) in [5.74, 6) is -0.224. The molecule has 0 aromatic heterocycles. The van der Waals surface area contributed by atoms with Crippen molar-refractivity contribution in [2.45, 2.75) is 64.2 Å². The van der Waals surface area contributed by atoms with E-state index in [2.05, 4.69) is 11.9 Å². The van der Waals surface area contributed by atoms with Gasteiger partial charge in [-0.2, -0.15) is 0 Å². The Bertz CT molecular complexity index is 725. The number of amides is 2. The highest BCUT2D eigenvalue weighted by molar-refractivity contribution is 6.00. The van der Waals surface area contributed by atoms with Crippen LogP contribution < -0.4 is 5.32 Å². The van der Waals surface area contributed by atoms with Crippen molar-refractivity contribution in [2.75, 3.05) is 19.0 Å². The van der Waals surface area contributed by atoms with Crippen LogP contribution in [-0.2, 0) is 14.3 Å². The molecule has 6 heteroatoms. The average molecular weight is 389 g/mol. The van der Waals surface area contributed by atoms with Crippen LogP contribution in [0.15, 0.2) is 36.9 Å². The Labute approximate surface area is 167 Å². The van der Waals surface area contributed by atoms with Crippen LogP contribution in [-0.4, -0.2) is 41.7 Å². The first-order valence-electron chi connectivity index (χ1n) is 9.68. The Morgan fingerprint density at radius 2 is 2.11 bits per heavy atom. The van der Waals surface area contributed by atoms with Gasteiger partial charge in [0, 0.05) is 19.3 Å². The molecule has 2 atom stereocenters. The van der Waals surface area contributed by atoms with E-state index >= 15 is 0 Å². The number of ether oxygens (including phenoxy) is 2. The lowest BCUT2D eigenvalue weighted by Gasteiger charge is -2.37. The highest BCUT2D eigenvalue weighted by atomic mass is 16.6. The zero-order valence-electron chi connectivity index (χ0n) is 17.6. The molecule has 154 valence electrons. The molecular formula is C22H32N2O4. The van der Waals surface area contributed by atoms with Crippen LogP contribution in [0.1, 0.15) is 58.6 Å². The third-order valence-electron chi connectivity index (χ3n) is 4.97. The van der Waals surface area contributed by atoms with Gasteiger partial charge >= 0.3 is 6.09 Å². The van der Waals surface area contributed by atoms with E-state index in [1.165, 1.54) is 0 Å². The van der Waals surface area contributed by atoms with Gasteiger partial charge in [-0.3, -0.25) is 9.69 Å². The zero-order chi connectivity index (χ0) is 20.9. The van der Waals surface area contributed by atoms with E-state index in [-0.39, 0.29) is 12.0 Å². The maximum absolute atomic E-state index is 13.3. The van der Waals surface area contributed by atoms with Crippen LogP contribution in [0.4, 0.5) is 10.5 Å². The molecule has 1 saturated heterocycles. The van der Waals surface area contributed by atoms with Crippen molar-refractivity contribution in [3.8, 4) is 0 Å². The topological polar surface area (TPSA) is 67.9 Å². The Balaban J connectivity index is 2.27. The lowest BCUT2D eigenvalue weighted by Crippen LogP contribution is -2.56. The van der Waals surface area contributed by atoms with Gasteiger partial charge in [-0.05, 0) is 64.7 Å². The number of carbonyl (C=O) groups is 2. The molecule has 1 aliphatic heterocycles. The van der Waals surface area contributed by atoms with E-state index in [0.29, 0.717) is 25.1 Å². The molecule has 6 nitrogen and oxygen atoms in total. The first-order valence-corrected chi connectivity index (χ1v) is 9.68. The number of nitrogens with zero attached hydrogens (tertiary/aromatic N) is 1. The minimum Gasteiger partial charge on any atom is -0.444 e. The molecule has 1 N–H and O–H groups in total. The first kappa shape index (κ1) is 22.0. The van der Waals surface area contributed by atoms with Crippen molar-refractivity contribution in [3.63, 3.8) is 0 Å². The summed E-state index contributed by atoms with van der Waals surface area (Å²) >= 11 is 0. The summed E-state index contributed by atoms with van der Waals surface area (Å²) in [5, 5.41) is 2.98. The van der Waals surface area contributed by atoms with Gasteiger partial charge in [-0.15, -0.1) is 6.58 Å². The zero-order valence-corrected chi connectivity index (χ0v) is 17.6. The fourth-order valence-electron chi connectivity index (χ4n) is 3.49. The van der Waals surface area contributed by atoms with Crippen LogP contribution >= 0.6 is 0 Å². The largest absolute Gasteiger partial charge is 0.444 e. The molecule has 2 unspecified atom stereocenters. The highest BCUT2D eigenvalue weighted by Crippen LogP contribution is 2.35. The Morgan fingerprint density at radius 3 is 2.71 bits per heavy atom. The minimum absolute atomic E-state index is 0.0799. The van der Waals surface area contributed by atoms with E-state index in [1.54, 1.807) is 18.1 Å². The number of benzene rings is 1. The maximum atomic E-state index is 13.3. The van der Waals surface area contributed by atoms with Crippen LogP contribution in [0.25, 0.3) is 0 Å². The number of rotatable bonds is 6. The fourth-order valence-corrected chi connectivity index (χ4v) is 3.49. The molecule has 0 bridgehead atoms. The van der Waals surface area contributed by atoms with Crippen LogP contribution in [0.3, 0.4) is 0 Å². The summed E-state index contributed by atoms with van der Waals surface area (Å²) in [6.45, 7) is 11.7. The Morgan fingerprint density at radius 1 is 1.39 bits per heavy atom. The smallest absolute Gasteiger partial charge is 0.411 e. The first-order chi connectivity index (χ1) is 13.1. The summed E-state index contributed by atoms with van der Waals surface area (Å²) in [6, 6.07) is 7.55. The van der Waals surface area contributed by atoms with Gasteiger partial charge in [0.25, 0.3) is 5.91 Å². The van der Waals surface area contributed by atoms with Gasteiger partial charge in [-0.25, -0.2) is 4.79 Å². The predicted molar refractivity (Wildman–Crippen MR) is 110 cm³/mol. The lowest BCUT2D eigenvalue weighted by molar-refractivity contribution is -0.126. The molecule has 1 aromatic carbocycles. The number of anilines is 1. The monoisotopic (exact) mass is 388 g/mol. The molecule has 0 aliphatic carbocycles. The molecule has 2 rings (SSSR count). The van der Waals surface area contributed by atoms with Gasteiger partial charge in [0.2, 0.25) is 0 Å². The normalized spacial score (nSPS) is 20.5. The van der Waals surface area contributed by atoms with Crippen LogP contribution in [0.5, 0.6) is 0 Å². The van der Waals surface area contributed by atoms with Crippen molar-refractivity contribution >= 4 is 17.7 Å². The Hall–Kier alpha value is -2.34. The second-order valence-corrected chi connectivity index (χ2v) is 8.22. The molecule has 0 saturated carbocycles. The van der Waals surface area contributed by atoms with Crippen molar-refractivity contribution in [1.82, 2.24) is 4.90 Å². The van der Waals surface area contributed by atoms with Gasteiger partial charge in [0.1, 0.15) is 11.1 Å². The van der Waals surface area contributed by atoms with Crippen molar-refractivity contribution in [3.05, 3.63) is 42.5 Å². The molecule has 28 heavy (non-hydrogen) atoms. The number of nitrogens with one attached hydrogen (secondary N) is 1. The molecule has 0 spiro atoms. The average Bonchev–Trinajstić information content (AvgIpc) is 3.05. The summed E-state index contributed by atoms with van der Waals surface area (Å²) in [4.78, 5) is 27.6. The fraction of sp³-hybridized carbons (Fsp3) is 0.545.